The fourth-order valence-electron chi connectivity index (χ4n) is 3.57. The molecule has 0 atom stereocenters. The average Bonchev–Trinajstić information content (AvgIpc) is 3.44. The van der Waals surface area contributed by atoms with E-state index in [-0.39, 0.29) is 24.1 Å². The van der Waals surface area contributed by atoms with Crippen molar-refractivity contribution in [3.8, 4) is 17.2 Å². The van der Waals surface area contributed by atoms with Gasteiger partial charge in [0.15, 0.2) is 11.5 Å². The second-order valence-electron chi connectivity index (χ2n) is 7.99. The third kappa shape index (κ3) is 5.78. The molecule has 0 radical (unpaired) electrons. The van der Waals surface area contributed by atoms with Crippen LogP contribution in [0.1, 0.15) is 11.1 Å². The molecular formula is C26H18BrFN2O6S. The fraction of sp³-hybridized carbons (Fsp3) is 0.115. The van der Waals surface area contributed by atoms with Crippen LogP contribution in [0, 0.1) is 5.82 Å². The predicted molar refractivity (Wildman–Crippen MR) is 139 cm³/mol. The summed E-state index contributed by atoms with van der Waals surface area (Å²) >= 11 is 4.22. The molecule has 1 fully saturated rings. The van der Waals surface area contributed by atoms with Crippen LogP contribution in [-0.4, -0.2) is 35.3 Å². The van der Waals surface area contributed by atoms with Crippen molar-refractivity contribution in [2.45, 2.75) is 6.61 Å². The Balaban J connectivity index is 1.21. The highest BCUT2D eigenvalue weighted by Gasteiger charge is 2.36. The molecule has 188 valence electrons. The Labute approximate surface area is 223 Å². The van der Waals surface area contributed by atoms with E-state index in [1.165, 1.54) is 12.1 Å². The van der Waals surface area contributed by atoms with Crippen molar-refractivity contribution in [2.75, 3.05) is 18.7 Å². The third-order valence-corrected chi connectivity index (χ3v) is 6.92. The summed E-state index contributed by atoms with van der Waals surface area (Å²) in [6, 6.07) is 16.1. The molecule has 2 aliphatic heterocycles. The smallest absolute Gasteiger partial charge is 0.294 e. The number of carbonyl (C=O) groups excluding carboxylic acids is 3. The van der Waals surface area contributed by atoms with E-state index in [0.29, 0.717) is 33.0 Å². The number of nitrogens with zero attached hydrogens (tertiary/aromatic N) is 1. The summed E-state index contributed by atoms with van der Waals surface area (Å²) in [6.45, 7) is -0.0556. The zero-order valence-corrected chi connectivity index (χ0v) is 21.4. The van der Waals surface area contributed by atoms with Gasteiger partial charge in [-0.05, 0) is 81.3 Å². The van der Waals surface area contributed by atoms with Crippen LogP contribution in [0.2, 0.25) is 0 Å². The summed E-state index contributed by atoms with van der Waals surface area (Å²) < 4.78 is 30.0. The number of amides is 3. The Kier molecular flexibility index (Phi) is 7.15. The number of benzene rings is 3. The van der Waals surface area contributed by atoms with E-state index < -0.39 is 23.6 Å². The monoisotopic (exact) mass is 584 g/mol. The lowest BCUT2D eigenvalue weighted by Crippen LogP contribution is -2.36. The number of anilines is 1. The van der Waals surface area contributed by atoms with Crippen LogP contribution in [-0.2, 0) is 16.2 Å². The number of ether oxygens (including phenoxy) is 3. The van der Waals surface area contributed by atoms with Gasteiger partial charge in [-0.15, -0.1) is 0 Å². The summed E-state index contributed by atoms with van der Waals surface area (Å²) in [5, 5.41) is 2.12. The van der Waals surface area contributed by atoms with Gasteiger partial charge in [-0.3, -0.25) is 19.3 Å². The molecule has 1 N–H and O–H groups in total. The van der Waals surface area contributed by atoms with E-state index in [9.17, 15) is 18.8 Å². The molecule has 0 saturated carbocycles. The molecule has 3 aromatic carbocycles. The largest absolute Gasteiger partial charge is 0.488 e. The van der Waals surface area contributed by atoms with Crippen LogP contribution in [0.15, 0.2) is 70.0 Å². The highest BCUT2D eigenvalue weighted by Crippen LogP contribution is 2.35. The van der Waals surface area contributed by atoms with Gasteiger partial charge in [-0.2, -0.15) is 0 Å². The number of halogens is 2. The van der Waals surface area contributed by atoms with Gasteiger partial charge < -0.3 is 19.5 Å². The first kappa shape index (κ1) is 24.8. The predicted octanol–water partition coefficient (Wildman–Crippen LogP) is 5.57. The minimum Gasteiger partial charge on any atom is -0.488 e. The second kappa shape index (κ2) is 10.7. The van der Waals surface area contributed by atoms with Gasteiger partial charge in [0, 0.05) is 11.8 Å². The second-order valence-corrected chi connectivity index (χ2v) is 9.84. The molecule has 0 unspecified atom stereocenters. The number of fused-ring (bicyclic) bond motifs is 1. The van der Waals surface area contributed by atoms with Crippen LogP contribution in [0.5, 0.6) is 17.2 Å². The highest BCUT2D eigenvalue weighted by atomic mass is 79.9. The fourth-order valence-corrected chi connectivity index (χ4v) is 4.92. The molecule has 0 bridgehead atoms. The number of imide groups is 1. The summed E-state index contributed by atoms with van der Waals surface area (Å²) in [5.74, 6) is 0.258. The third-order valence-electron chi connectivity index (χ3n) is 5.39. The first-order valence-corrected chi connectivity index (χ1v) is 12.6. The molecule has 0 aliphatic carbocycles. The van der Waals surface area contributed by atoms with E-state index in [1.807, 2.05) is 0 Å². The van der Waals surface area contributed by atoms with E-state index >= 15 is 0 Å². The highest BCUT2D eigenvalue weighted by molar-refractivity contribution is 9.10. The van der Waals surface area contributed by atoms with Gasteiger partial charge >= 0.3 is 0 Å². The lowest BCUT2D eigenvalue weighted by atomic mass is 10.2. The topological polar surface area (TPSA) is 94.2 Å². The van der Waals surface area contributed by atoms with Crippen molar-refractivity contribution >= 4 is 56.5 Å². The number of rotatable bonds is 7. The normalized spacial score (nSPS) is 15.4. The lowest BCUT2D eigenvalue weighted by molar-refractivity contribution is -0.127. The number of nitrogens with one attached hydrogen (secondary N) is 1. The zero-order valence-electron chi connectivity index (χ0n) is 19.0. The first-order chi connectivity index (χ1) is 17.9. The molecule has 2 heterocycles. The molecule has 8 nitrogen and oxygen atoms in total. The van der Waals surface area contributed by atoms with Crippen molar-refractivity contribution < 1.29 is 33.0 Å². The van der Waals surface area contributed by atoms with E-state index in [0.717, 1.165) is 22.2 Å². The van der Waals surface area contributed by atoms with Crippen LogP contribution in [0.25, 0.3) is 6.08 Å². The molecule has 3 aromatic rings. The molecule has 5 rings (SSSR count). The molecule has 0 aromatic heterocycles. The maximum atomic E-state index is 13.1. The number of hydrogen-bond donors (Lipinski definition) is 1. The standard InChI is InChI=1S/C26H18BrFN2O6S/c27-19-9-16(3-7-20(19)34-13-15-1-4-17(28)5-2-15)10-23-25(32)30(26(33)37-23)12-24(31)29-18-6-8-21-22(11-18)36-14-35-21/h1-11H,12-14H2,(H,29,31)/b23-10-. The van der Waals surface area contributed by atoms with E-state index in [4.69, 9.17) is 14.2 Å². The Hall–Kier alpha value is -3.83. The minimum atomic E-state index is -0.552. The summed E-state index contributed by atoms with van der Waals surface area (Å²) in [7, 11) is 0. The zero-order chi connectivity index (χ0) is 25.9. The van der Waals surface area contributed by atoms with Crippen molar-refractivity contribution in [3.63, 3.8) is 0 Å². The molecule has 37 heavy (non-hydrogen) atoms. The van der Waals surface area contributed by atoms with Crippen molar-refractivity contribution in [1.29, 1.82) is 0 Å². The van der Waals surface area contributed by atoms with Gasteiger partial charge in [-0.1, -0.05) is 18.2 Å². The maximum absolute atomic E-state index is 13.1. The summed E-state index contributed by atoms with van der Waals surface area (Å²) in [6.07, 6.45) is 1.58. The minimum absolute atomic E-state index is 0.109. The Morgan fingerprint density at radius 2 is 1.86 bits per heavy atom. The lowest BCUT2D eigenvalue weighted by Gasteiger charge is -2.12. The van der Waals surface area contributed by atoms with Crippen LogP contribution < -0.4 is 19.5 Å². The van der Waals surface area contributed by atoms with Crippen molar-refractivity contribution in [2.24, 2.45) is 0 Å². The van der Waals surface area contributed by atoms with E-state index in [2.05, 4.69) is 21.2 Å². The van der Waals surface area contributed by atoms with Crippen LogP contribution in [0.4, 0.5) is 14.9 Å². The van der Waals surface area contributed by atoms with Gasteiger partial charge in [0.05, 0.1) is 9.38 Å². The summed E-state index contributed by atoms with van der Waals surface area (Å²) in [5.41, 5.74) is 1.94. The molecule has 1 saturated heterocycles. The molecule has 0 spiro atoms. The van der Waals surface area contributed by atoms with Crippen LogP contribution >= 0.6 is 27.7 Å². The van der Waals surface area contributed by atoms with Gasteiger partial charge in [0.25, 0.3) is 11.1 Å². The molecular weight excluding hydrogens is 567 g/mol. The maximum Gasteiger partial charge on any atom is 0.294 e. The first-order valence-electron chi connectivity index (χ1n) is 11.0. The molecule has 2 aliphatic rings. The Bertz CT molecular complexity index is 1430. The molecule has 11 heteroatoms. The van der Waals surface area contributed by atoms with E-state index in [1.54, 1.807) is 54.6 Å². The van der Waals surface area contributed by atoms with Gasteiger partial charge in [-0.25, -0.2) is 4.39 Å². The average molecular weight is 585 g/mol. The molecule has 3 amide bonds. The number of thioether (sulfide) groups is 1. The Morgan fingerprint density at radius 3 is 2.65 bits per heavy atom. The van der Waals surface area contributed by atoms with Crippen LogP contribution in [0.3, 0.4) is 0 Å². The van der Waals surface area contributed by atoms with Crippen molar-refractivity contribution in [3.05, 3.63) is 87.0 Å². The van der Waals surface area contributed by atoms with Gasteiger partial charge in [0.1, 0.15) is 24.7 Å². The number of carbonyl (C=O) groups is 3. The van der Waals surface area contributed by atoms with Gasteiger partial charge in [0.2, 0.25) is 12.7 Å². The quantitative estimate of drug-likeness (QED) is 0.363. The summed E-state index contributed by atoms with van der Waals surface area (Å²) in [4.78, 5) is 38.9. The number of hydrogen-bond acceptors (Lipinski definition) is 7. The Morgan fingerprint density at radius 1 is 1.08 bits per heavy atom. The van der Waals surface area contributed by atoms with Crippen molar-refractivity contribution in [1.82, 2.24) is 4.90 Å². The SMILES string of the molecule is O=C(CN1C(=O)S/C(=C\c2ccc(OCc3ccc(F)cc3)c(Br)c2)C1=O)Nc1ccc2c(c1)OCO2.